The van der Waals surface area contributed by atoms with E-state index in [-0.39, 0.29) is 35.1 Å². The third-order valence-electron chi connectivity index (χ3n) is 4.27. The van der Waals surface area contributed by atoms with E-state index in [1.807, 2.05) is 0 Å². The molecule has 7 nitrogen and oxygen atoms in total. The van der Waals surface area contributed by atoms with Crippen LogP contribution in [0.5, 0.6) is 0 Å². The van der Waals surface area contributed by atoms with Crippen LogP contribution in [0.25, 0.3) is 0 Å². The van der Waals surface area contributed by atoms with E-state index in [0.29, 0.717) is 5.56 Å². The number of hydrogen-bond donors (Lipinski definition) is 3. The highest BCUT2D eigenvalue weighted by Gasteiger charge is 2.18. The Labute approximate surface area is 179 Å². The molecular formula is C22H20FN3O4S. The molecule has 2 amide bonds. The first-order valence-corrected chi connectivity index (χ1v) is 10.8. The number of nitrogens with one attached hydrogen (secondary N) is 3. The maximum absolute atomic E-state index is 13.1. The van der Waals surface area contributed by atoms with Crippen LogP contribution in [-0.4, -0.2) is 33.3 Å². The topological polar surface area (TPSA) is 104 Å². The summed E-state index contributed by atoms with van der Waals surface area (Å²) < 4.78 is 40.5. The number of benzene rings is 3. The molecular weight excluding hydrogens is 421 g/mol. The van der Waals surface area contributed by atoms with Gasteiger partial charge in [0, 0.05) is 18.7 Å². The van der Waals surface area contributed by atoms with Gasteiger partial charge in [0.25, 0.3) is 21.8 Å². The molecule has 0 bridgehead atoms. The molecule has 3 N–H and O–H groups in total. The number of sulfonamides is 1. The Morgan fingerprint density at radius 2 is 1.32 bits per heavy atom. The Kier molecular flexibility index (Phi) is 6.99. The molecule has 0 fully saturated rings. The van der Waals surface area contributed by atoms with E-state index in [1.165, 1.54) is 12.1 Å². The summed E-state index contributed by atoms with van der Waals surface area (Å²) >= 11 is 0. The molecule has 3 rings (SSSR count). The zero-order chi connectivity index (χ0) is 22.3. The molecule has 3 aromatic carbocycles. The highest BCUT2D eigenvalue weighted by molar-refractivity contribution is 7.92. The van der Waals surface area contributed by atoms with E-state index in [4.69, 9.17) is 0 Å². The van der Waals surface area contributed by atoms with Crippen LogP contribution in [0.15, 0.2) is 83.8 Å². The van der Waals surface area contributed by atoms with Gasteiger partial charge in [0.1, 0.15) is 5.82 Å². The van der Waals surface area contributed by atoms with Crippen molar-refractivity contribution in [2.45, 2.75) is 4.90 Å². The largest absolute Gasteiger partial charge is 0.350 e. The molecule has 0 heterocycles. The number of para-hydroxylation sites is 1. The summed E-state index contributed by atoms with van der Waals surface area (Å²) in [6.45, 7) is 0.347. The number of halogens is 1. The van der Waals surface area contributed by atoms with Gasteiger partial charge in [0.2, 0.25) is 0 Å². The fourth-order valence-electron chi connectivity index (χ4n) is 2.73. The van der Waals surface area contributed by atoms with Crippen LogP contribution in [0.1, 0.15) is 20.7 Å². The molecule has 0 spiro atoms. The van der Waals surface area contributed by atoms with Gasteiger partial charge in [-0.1, -0.05) is 30.3 Å². The average Bonchev–Trinajstić information content (AvgIpc) is 2.77. The van der Waals surface area contributed by atoms with Crippen LogP contribution in [-0.2, 0) is 10.0 Å². The number of hydrogen-bond acceptors (Lipinski definition) is 4. The van der Waals surface area contributed by atoms with E-state index in [1.54, 1.807) is 42.5 Å². The van der Waals surface area contributed by atoms with Crippen molar-refractivity contribution >= 4 is 27.5 Å². The second-order valence-electron chi connectivity index (χ2n) is 6.48. The first-order valence-electron chi connectivity index (χ1n) is 9.36. The quantitative estimate of drug-likeness (QED) is 0.468. The van der Waals surface area contributed by atoms with Crippen molar-refractivity contribution in [1.29, 1.82) is 0 Å². The lowest BCUT2D eigenvalue weighted by Gasteiger charge is -2.13. The van der Waals surface area contributed by atoms with Gasteiger partial charge in [-0.25, -0.2) is 12.8 Å². The van der Waals surface area contributed by atoms with Crippen molar-refractivity contribution in [2.75, 3.05) is 17.8 Å². The van der Waals surface area contributed by atoms with Gasteiger partial charge in [-0.15, -0.1) is 0 Å². The lowest BCUT2D eigenvalue weighted by Crippen LogP contribution is -2.35. The summed E-state index contributed by atoms with van der Waals surface area (Å²) in [5.74, 6) is -1.33. The molecule has 0 saturated carbocycles. The molecule has 160 valence electrons. The van der Waals surface area contributed by atoms with E-state index in [0.717, 1.165) is 24.3 Å². The van der Waals surface area contributed by atoms with Crippen LogP contribution >= 0.6 is 0 Å². The molecule has 0 aromatic heterocycles. The van der Waals surface area contributed by atoms with Crippen LogP contribution < -0.4 is 15.4 Å². The predicted molar refractivity (Wildman–Crippen MR) is 115 cm³/mol. The third-order valence-corrected chi connectivity index (χ3v) is 5.65. The van der Waals surface area contributed by atoms with E-state index in [9.17, 15) is 22.4 Å². The van der Waals surface area contributed by atoms with Gasteiger partial charge in [0.05, 0.1) is 16.1 Å². The second-order valence-corrected chi connectivity index (χ2v) is 8.17. The van der Waals surface area contributed by atoms with Crippen molar-refractivity contribution in [2.24, 2.45) is 0 Å². The minimum absolute atomic E-state index is 0.0812. The van der Waals surface area contributed by atoms with Crippen molar-refractivity contribution in [3.05, 3.63) is 95.8 Å². The predicted octanol–water partition coefficient (Wildman–Crippen LogP) is 2.79. The smallest absolute Gasteiger partial charge is 0.261 e. The van der Waals surface area contributed by atoms with Crippen LogP contribution in [0.3, 0.4) is 0 Å². The lowest BCUT2D eigenvalue weighted by molar-refractivity contribution is 0.0928. The molecule has 3 aromatic rings. The Hall–Kier alpha value is -3.72. The number of rotatable bonds is 8. The molecule has 0 atom stereocenters. The normalized spacial score (nSPS) is 10.9. The summed E-state index contributed by atoms with van der Waals surface area (Å²) in [7, 11) is -4.01. The Morgan fingerprint density at radius 3 is 2.00 bits per heavy atom. The van der Waals surface area contributed by atoms with Gasteiger partial charge in [-0.05, 0) is 48.5 Å². The van der Waals surface area contributed by atoms with E-state index >= 15 is 0 Å². The minimum Gasteiger partial charge on any atom is -0.350 e. The first-order chi connectivity index (χ1) is 14.9. The van der Waals surface area contributed by atoms with Crippen LogP contribution in [0.4, 0.5) is 10.1 Å². The maximum atomic E-state index is 13.1. The number of carbonyl (C=O) groups excluding carboxylic acids is 2. The minimum atomic E-state index is -4.01. The van der Waals surface area contributed by atoms with Crippen molar-refractivity contribution < 1.29 is 22.4 Å². The third kappa shape index (κ3) is 5.89. The Bertz CT molecular complexity index is 1170. The van der Waals surface area contributed by atoms with E-state index < -0.39 is 21.7 Å². The highest BCUT2D eigenvalue weighted by atomic mass is 32.2. The number of amides is 2. The molecule has 0 radical (unpaired) electrons. The van der Waals surface area contributed by atoms with Crippen molar-refractivity contribution in [3.63, 3.8) is 0 Å². The zero-order valence-electron chi connectivity index (χ0n) is 16.3. The molecule has 31 heavy (non-hydrogen) atoms. The Morgan fingerprint density at radius 1 is 0.742 bits per heavy atom. The Balaban J connectivity index is 1.61. The summed E-state index contributed by atoms with van der Waals surface area (Å²) in [6, 6.07) is 19.1. The summed E-state index contributed by atoms with van der Waals surface area (Å²) in [6.07, 6.45) is 0. The molecule has 0 aliphatic carbocycles. The monoisotopic (exact) mass is 441 g/mol. The van der Waals surface area contributed by atoms with E-state index in [2.05, 4.69) is 15.4 Å². The average molecular weight is 441 g/mol. The lowest BCUT2D eigenvalue weighted by atomic mass is 10.1. The van der Waals surface area contributed by atoms with Gasteiger partial charge < -0.3 is 10.6 Å². The zero-order valence-corrected chi connectivity index (χ0v) is 17.2. The van der Waals surface area contributed by atoms with Gasteiger partial charge in [0.15, 0.2) is 0 Å². The van der Waals surface area contributed by atoms with Gasteiger partial charge in [-0.3, -0.25) is 14.3 Å². The highest BCUT2D eigenvalue weighted by Crippen LogP contribution is 2.20. The molecule has 0 saturated heterocycles. The second kappa shape index (κ2) is 9.86. The van der Waals surface area contributed by atoms with Gasteiger partial charge >= 0.3 is 0 Å². The number of carbonyl (C=O) groups is 2. The SMILES string of the molecule is O=C(NCCNC(=O)c1ccccc1NS(=O)(=O)c1ccc(F)cc1)c1ccccc1. The molecule has 0 aliphatic heterocycles. The summed E-state index contributed by atoms with van der Waals surface area (Å²) in [5, 5.41) is 5.33. The summed E-state index contributed by atoms with van der Waals surface area (Å²) in [4.78, 5) is 24.4. The van der Waals surface area contributed by atoms with Crippen LogP contribution in [0.2, 0.25) is 0 Å². The fraction of sp³-hybridized carbons (Fsp3) is 0.0909. The van der Waals surface area contributed by atoms with Crippen LogP contribution in [0, 0.1) is 5.82 Å². The molecule has 9 heteroatoms. The molecule has 0 unspecified atom stereocenters. The summed E-state index contributed by atoms with van der Waals surface area (Å²) in [5.41, 5.74) is 0.703. The number of anilines is 1. The van der Waals surface area contributed by atoms with Crippen molar-refractivity contribution in [1.82, 2.24) is 10.6 Å². The first kappa shape index (κ1) is 22.0. The van der Waals surface area contributed by atoms with Gasteiger partial charge in [-0.2, -0.15) is 0 Å². The fourth-order valence-corrected chi connectivity index (χ4v) is 3.81. The van der Waals surface area contributed by atoms with Crippen molar-refractivity contribution in [3.8, 4) is 0 Å². The molecule has 0 aliphatic rings. The standard InChI is InChI=1S/C22H20FN3O4S/c23-17-10-12-18(13-11-17)31(29,30)26-20-9-5-4-8-19(20)22(28)25-15-14-24-21(27)16-6-2-1-3-7-16/h1-13,26H,14-15H2,(H,24,27)(H,25,28). The maximum Gasteiger partial charge on any atom is 0.261 e.